The summed E-state index contributed by atoms with van der Waals surface area (Å²) in [6.45, 7) is 2.89. The highest BCUT2D eigenvalue weighted by molar-refractivity contribution is 5.95. The van der Waals surface area contributed by atoms with Crippen LogP contribution in [0.4, 0.5) is 24.7 Å². The zero-order valence-corrected chi connectivity index (χ0v) is 23.7. The van der Waals surface area contributed by atoms with Crippen LogP contribution in [0.15, 0.2) is 59.5 Å². The Balaban J connectivity index is 1.07. The third-order valence-electron chi connectivity index (χ3n) is 8.94. The third-order valence-corrected chi connectivity index (χ3v) is 8.94. The van der Waals surface area contributed by atoms with Crippen molar-refractivity contribution < 1.29 is 18.0 Å². The van der Waals surface area contributed by atoms with Gasteiger partial charge in [-0.3, -0.25) is 9.59 Å². The first-order valence-electron chi connectivity index (χ1n) is 14.4. The molecule has 1 saturated carbocycles. The number of hydrogen-bond acceptors (Lipinski definition) is 7. The molecule has 1 spiro atoms. The van der Waals surface area contributed by atoms with Crippen LogP contribution in [0.5, 0.6) is 0 Å². The number of H-pyrrole nitrogens is 1. The zero-order chi connectivity index (χ0) is 30.6. The van der Waals surface area contributed by atoms with E-state index >= 15 is 0 Å². The normalized spacial score (nSPS) is 18.5. The van der Waals surface area contributed by atoms with E-state index in [1.165, 1.54) is 18.3 Å². The van der Waals surface area contributed by atoms with Crippen LogP contribution in [0.1, 0.15) is 40.0 Å². The fraction of sp³-hybridized carbons (Fsp3) is 0.344. The highest BCUT2D eigenvalue weighted by Gasteiger charge is 2.61. The molecule has 1 amide bonds. The smallest absolute Gasteiger partial charge is 0.272 e. The molecule has 44 heavy (non-hydrogen) atoms. The van der Waals surface area contributed by atoms with Gasteiger partial charge in [-0.2, -0.15) is 10.4 Å². The molecule has 0 unspecified atom stereocenters. The molecule has 9 nitrogen and oxygen atoms in total. The van der Waals surface area contributed by atoms with Gasteiger partial charge in [0.2, 0.25) is 5.92 Å². The minimum atomic E-state index is -2.58. The van der Waals surface area contributed by atoms with Gasteiger partial charge in [0.25, 0.3) is 11.5 Å². The maximum Gasteiger partial charge on any atom is 0.272 e. The number of piperazine rings is 1. The number of amides is 1. The molecule has 4 heterocycles. The molecule has 2 aromatic heterocycles. The van der Waals surface area contributed by atoms with Crippen LogP contribution in [0.25, 0.3) is 10.8 Å². The molecule has 4 aromatic rings. The number of aromatic amines is 1. The highest BCUT2D eigenvalue weighted by atomic mass is 19.3. The molecule has 7 rings (SSSR count). The van der Waals surface area contributed by atoms with E-state index in [0.717, 1.165) is 5.69 Å². The fourth-order valence-electron chi connectivity index (χ4n) is 6.74. The van der Waals surface area contributed by atoms with Crippen molar-refractivity contribution in [2.45, 2.75) is 25.2 Å². The van der Waals surface area contributed by atoms with E-state index < -0.39 is 17.6 Å². The SMILES string of the molecule is N#Cc1ccc(N2CCN(C(=O)c3cc(Cc4n[nH]c(=O)c5ccc(N6CC7(C6)CC(F)(F)C7)cc45)ccc3F)CC2)nc1. The van der Waals surface area contributed by atoms with E-state index in [1.807, 2.05) is 28.0 Å². The lowest BCUT2D eigenvalue weighted by atomic mass is 9.61. The molecule has 3 aliphatic rings. The Morgan fingerprint density at radius 3 is 2.43 bits per heavy atom. The molecule has 2 aliphatic heterocycles. The van der Waals surface area contributed by atoms with Gasteiger partial charge in [0.1, 0.15) is 17.7 Å². The molecular weight excluding hydrogens is 571 g/mol. The van der Waals surface area contributed by atoms with E-state index in [1.54, 1.807) is 29.2 Å². The average Bonchev–Trinajstić information content (AvgIpc) is 3.00. The summed E-state index contributed by atoms with van der Waals surface area (Å²) in [5.41, 5.74) is 1.79. The molecular formula is C32H28F3N7O2. The van der Waals surface area contributed by atoms with E-state index in [-0.39, 0.29) is 35.8 Å². The Labute approximate surface area is 250 Å². The van der Waals surface area contributed by atoms with Crippen LogP contribution in [0, 0.1) is 22.6 Å². The van der Waals surface area contributed by atoms with Gasteiger partial charge in [0.05, 0.1) is 22.2 Å². The lowest BCUT2D eigenvalue weighted by Crippen LogP contribution is -2.66. The molecule has 12 heteroatoms. The molecule has 0 atom stereocenters. The van der Waals surface area contributed by atoms with Gasteiger partial charge >= 0.3 is 0 Å². The number of nitriles is 1. The number of nitrogens with zero attached hydrogens (tertiary/aromatic N) is 6. The summed E-state index contributed by atoms with van der Waals surface area (Å²) in [4.78, 5) is 35.9. The quantitative estimate of drug-likeness (QED) is 0.368. The van der Waals surface area contributed by atoms with Crippen LogP contribution in [0.3, 0.4) is 0 Å². The van der Waals surface area contributed by atoms with Crippen molar-refractivity contribution in [2.75, 3.05) is 49.1 Å². The van der Waals surface area contributed by atoms with E-state index in [2.05, 4.69) is 15.2 Å². The number of pyridine rings is 1. The summed E-state index contributed by atoms with van der Waals surface area (Å²) in [7, 11) is 0. The zero-order valence-electron chi connectivity index (χ0n) is 23.7. The highest BCUT2D eigenvalue weighted by Crippen LogP contribution is 2.57. The van der Waals surface area contributed by atoms with E-state index in [4.69, 9.17) is 5.26 Å². The summed E-state index contributed by atoms with van der Waals surface area (Å²) < 4.78 is 41.9. The predicted octanol–water partition coefficient (Wildman–Crippen LogP) is 4.12. The number of aromatic nitrogens is 3. The number of alkyl halides is 2. The Morgan fingerprint density at radius 1 is 0.977 bits per heavy atom. The Bertz CT molecular complexity index is 1860. The first kappa shape index (κ1) is 27.9. The second-order valence-electron chi connectivity index (χ2n) is 12.1. The molecule has 1 N–H and O–H groups in total. The van der Waals surface area contributed by atoms with Crippen LogP contribution < -0.4 is 15.4 Å². The van der Waals surface area contributed by atoms with Crippen molar-refractivity contribution in [2.24, 2.45) is 5.41 Å². The standard InChI is InChI=1S/C32H28F3N7O2/c33-26-5-1-20(11-25(26)30(44)41-9-7-40(8-10-41)28-6-2-21(14-36)15-37-28)12-27-24-13-22(3-4-23(24)29(43)39-38-27)42-18-31(19-42)16-32(34,35)17-31/h1-6,11,13,15H,7-10,12,16-19H2,(H,39,43). The van der Waals surface area contributed by atoms with Crippen LogP contribution in [-0.4, -0.2) is 71.2 Å². The van der Waals surface area contributed by atoms with Crippen molar-refractivity contribution in [3.05, 3.63) is 93.3 Å². The lowest BCUT2D eigenvalue weighted by Gasteiger charge is -2.59. The predicted molar refractivity (Wildman–Crippen MR) is 157 cm³/mol. The Kier molecular flexibility index (Phi) is 6.57. The number of rotatable bonds is 5. The van der Waals surface area contributed by atoms with Gasteiger partial charge in [-0.1, -0.05) is 6.07 Å². The maximum absolute atomic E-state index is 15.0. The third kappa shape index (κ3) is 5.02. The molecule has 2 saturated heterocycles. The molecule has 0 bridgehead atoms. The van der Waals surface area contributed by atoms with Gasteiger partial charge in [-0.15, -0.1) is 0 Å². The first-order valence-corrected chi connectivity index (χ1v) is 14.4. The van der Waals surface area contributed by atoms with Crippen molar-refractivity contribution in [1.29, 1.82) is 5.26 Å². The second-order valence-corrected chi connectivity index (χ2v) is 12.1. The van der Waals surface area contributed by atoms with Gasteiger partial charge in [-0.25, -0.2) is 23.3 Å². The van der Waals surface area contributed by atoms with E-state index in [9.17, 15) is 22.8 Å². The van der Waals surface area contributed by atoms with Gasteiger partial charge in [0, 0.05) is 81.2 Å². The average molecular weight is 600 g/mol. The number of fused-ring (bicyclic) bond motifs is 1. The summed E-state index contributed by atoms with van der Waals surface area (Å²) in [5.74, 6) is -2.89. The monoisotopic (exact) mass is 599 g/mol. The number of benzene rings is 2. The topological polar surface area (TPSA) is 109 Å². The van der Waals surface area contributed by atoms with Gasteiger partial charge in [0.15, 0.2) is 0 Å². The largest absolute Gasteiger partial charge is 0.370 e. The number of carbonyl (C=O) groups is 1. The fourth-order valence-corrected chi connectivity index (χ4v) is 6.74. The minimum absolute atomic E-state index is 0.0370. The van der Waals surface area contributed by atoms with Gasteiger partial charge in [-0.05, 0) is 48.0 Å². The van der Waals surface area contributed by atoms with Crippen molar-refractivity contribution >= 4 is 28.2 Å². The van der Waals surface area contributed by atoms with Crippen LogP contribution in [-0.2, 0) is 6.42 Å². The van der Waals surface area contributed by atoms with Crippen molar-refractivity contribution in [3.8, 4) is 6.07 Å². The molecule has 3 fully saturated rings. The van der Waals surface area contributed by atoms with E-state index in [0.29, 0.717) is 72.7 Å². The first-order chi connectivity index (χ1) is 21.1. The number of halogens is 3. The molecule has 1 aliphatic carbocycles. The summed E-state index contributed by atoms with van der Waals surface area (Å²) in [5, 5.41) is 16.9. The van der Waals surface area contributed by atoms with Crippen molar-refractivity contribution in [3.63, 3.8) is 0 Å². The minimum Gasteiger partial charge on any atom is -0.370 e. The summed E-state index contributed by atoms with van der Waals surface area (Å²) in [6.07, 6.45) is 1.57. The Hall–Kier alpha value is -4.92. The lowest BCUT2D eigenvalue weighted by molar-refractivity contribution is -0.170. The number of carbonyl (C=O) groups excluding carboxylic acids is 1. The van der Waals surface area contributed by atoms with Gasteiger partial charge < -0.3 is 14.7 Å². The summed E-state index contributed by atoms with van der Waals surface area (Å²) >= 11 is 0. The molecule has 224 valence electrons. The van der Waals surface area contributed by atoms with Crippen LogP contribution in [0.2, 0.25) is 0 Å². The Morgan fingerprint density at radius 2 is 1.75 bits per heavy atom. The summed E-state index contributed by atoms with van der Waals surface area (Å²) in [6, 6.07) is 15.3. The van der Waals surface area contributed by atoms with Crippen LogP contribution >= 0.6 is 0 Å². The second kappa shape index (κ2) is 10.4. The maximum atomic E-state index is 15.0. The number of anilines is 2. The number of hydrogen-bond donors (Lipinski definition) is 1. The number of nitrogens with one attached hydrogen (secondary N) is 1. The molecule has 0 radical (unpaired) electrons. The van der Waals surface area contributed by atoms with Crippen molar-refractivity contribution in [1.82, 2.24) is 20.1 Å². The molecule has 2 aromatic carbocycles.